The second kappa shape index (κ2) is 5.10. The Balaban J connectivity index is 2.40. The van der Waals surface area contributed by atoms with Crippen molar-refractivity contribution in [3.05, 3.63) is 39.4 Å². The van der Waals surface area contributed by atoms with E-state index >= 15 is 0 Å². The number of aliphatic hydroxyl groups excluding tert-OH is 2. The number of hydrogen-bond donors (Lipinski definition) is 2. The van der Waals surface area contributed by atoms with Crippen LogP contribution in [0.25, 0.3) is 0 Å². The molecule has 108 valence electrons. The number of hydrogen-bond acceptors (Lipinski definition) is 5. The molecule has 2 atom stereocenters. The molecule has 2 rings (SSSR count). The lowest BCUT2D eigenvalue weighted by atomic mass is 10.1. The number of nitrogens with zero attached hydrogens (tertiary/aromatic N) is 2. The van der Waals surface area contributed by atoms with E-state index in [1.807, 2.05) is 0 Å². The Morgan fingerprint density at radius 1 is 1.30 bits per heavy atom. The average Bonchev–Trinajstić information content (AvgIpc) is 2.69. The topological polar surface area (TPSA) is 104 Å². The molecule has 1 aromatic rings. The van der Waals surface area contributed by atoms with Crippen LogP contribution in [0.3, 0.4) is 0 Å². The van der Waals surface area contributed by atoms with Gasteiger partial charge in [-0.2, -0.15) is 4.39 Å². The van der Waals surface area contributed by atoms with Crippen molar-refractivity contribution in [2.45, 2.75) is 12.2 Å². The number of halogens is 2. The number of nitro benzene ring substituents is 1. The molecule has 0 spiro atoms. The molecule has 0 unspecified atom stereocenters. The molecule has 0 aliphatic carbocycles. The number of aliphatic hydroxyl groups is 2. The van der Waals surface area contributed by atoms with Crippen molar-refractivity contribution in [1.82, 2.24) is 4.90 Å². The first-order chi connectivity index (χ1) is 9.32. The van der Waals surface area contributed by atoms with E-state index in [1.165, 1.54) is 0 Å². The SMILES string of the molecule is O=C(c1c(F)ccc([N+](=O)[O-])c1F)N1C[C@@H](O)[C@@H](O)C1. The molecule has 7 nitrogen and oxygen atoms in total. The highest BCUT2D eigenvalue weighted by Gasteiger charge is 2.36. The molecule has 0 saturated carbocycles. The summed E-state index contributed by atoms with van der Waals surface area (Å²) in [6, 6.07) is 1.24. The monoisotopic (exact) mass is 288 g/mol. The van der Waals surface area contributed by atoms with Crippen LogP contribution >= 0.6 is 0 Å². The number of nitro groups is 1. The van der Waals surface area contributed by atoms with Crippen LogP contribution in [0, 0.1) is 21.7 Å². The van der Waals surface area contributed by atoms with E-state index in [0.717, 1.165) is 4.90 Å². The van der Waals surface area contributed by atoms with Crippen LogP contribution in [-0.2, 0) is 0 Å². The third-order valence-electron chi connectivity index (χ3n) is 3.03. The molecule has 9 heteroatoms. The molecule has 0 radical (unpaired) electrons. The summed E-state index contributed by atoms with van der Waals surface area (Å²) in [6.45, 7) is -0.608. The summed E-state index contributed by atoms with van der Waals surface area (Å²) in [4.78, 5) is 22.3. The van der Waals surface area contributed by atoms with Gasteiger partial charge >= 0.3 is 5.69 Å². The van der Waals surface area contributed by atoms with Crippen LogP contribution in [0.1, 0.15) is 10.4 Å². The average molecular weight is 288 g/mol. The van der Waals surface area contributed by atoms with Crippen LogP contribution in [0.2, 0.25) is 0 Å². The van der Waals surface area contributed by atoms with Gasteiger partial charge in [-0.1, -0.05) is 0 Å². The zero-order valence-corrected chi connectivity index (χ0v) is 9.99. The molecule has 1 aromatic carbocycles. The lowest BCUT2D eigenvalue weighted by Gasteiger charge is -2.16. The van der Waals surface area contributed by atoms with Crippen molar-refractivity contribution in [3.63, 3.8) is 0 Å². The number of carbonyl (C=O) groups is 1. The molecule has 0 aromatic heterocycles. The molecule has 1 heterocycles. The minimum Gasteiger partial charge on any atom is -0.388 e. The standard InChI is InChI=1S/C11H10F2N2O5/c12-5-1-2-6(15(19)20)10(13)9(5)11(18)14-3-7(16)8(17)4-14/h1-2,7-8,16-17H,3-4H2/t7-,8+. The normalized spacial score (nSPS) is 22.1. The fourth-order valence-electron chi connectivity index (χ4n) is 1.97. The summed E-state index contributed by atoms with van der Waals surface area (Å²) >= 11 is 0. The molecular weight excluding hydrogens is 278 g/mol. The van der Waals surface area contributed by atoms with Gasteiger partial charge in [0.15, 0.2) is 0 Å². The van der Waals surface area contributed by atoms with E-state index in [0.29, 0.717) is 12.1 Å². The Labute approximate surface area is 111 Å². The number of rotatable bonds is 2. The van der Waals surface area contributed by atoms with Crippen LogP contribution < -0.4 is 0 Å². The molecule has 1 aliphatic rings. The highest BCUT2D eigenvalue weighted by molar-refractivity contribution is 5.95. The summed E-state index contributed by atoms with van der Waals surface area (Å²) in [5.74, 6) is -3.97. The third-order valence-corrected chi connectivity index (χ3v) is 3.03. The molecule has 1 aliphatic heterocycles. The predicted molar refractivity (Wildman–Crippen MR) is 60.9 cm³/mol. The second-order valence-corrected chi connectivity index (χ2v) is 4.36. The molecule has 2 N–H and O–H groups in total. The fraction of sp³-hybridized carbons (Fsp3) is 0.364. The van der Waals surface area contributed by atoms with Crippen molar-refractivity contribution in [1.29, 1.82) is 0 Å². The summed E-state index contributed by atoms with van der Waals surface area (Å²) in [5, 5.41) is 29.2. The van der Waals surface area contributed by atoms with Gasteiger partial charge < -0.3 is 15.1 Å². The summed E-state index contributed by atoms with van der Waals surface area (Å²) in [6.07, 6.45) is -2.44. The highest BCUT2D eigenvalue weighted by atomic mass is 19.1. The van der Waals surface area contributed by atoms with E-state index in [9.17, 15) is 33.9 Å². The Kier molecular flexibility index (Phi) is 3.64. The van der Waals surface area contributed by atoms with E-state index in [1.54, 1.807) is 0 Å². The zero-order chi connectivity index (χ0) is 15.0. The lowest BCUT2D eigenvalue weighted by molar-refractivity contribution is -0.387. The first kappa shape index (κ1) is 14.3. The van der Waals surface area contributed by atoms with Gasteiger partial charge in [-0.25, -0.2) is 4.39 Å². The van der Waals surface area contributed by atoms with Crippen molar-refractivity contribution in [2.75, 3.05) is 13.1 Å². The van der Waals surface area contributed by atoms with Gasteiger partial charge in [0.2, 0.25) is 5.82 Å². The number of likely N-dealkylation sites (tertiary alicyclic amines) is 1. The van der Waals surface area contributed by atoms with Crippen LogP contribution in [0.15, 0.2) is 12.1 Å². The summed E-state index contributed by atoms with van der Waals surface area (Å²) in [7, 11) is 0. The van der Waals surface area contributed by atoms with Crippen LogP contribution in [-0.4, -0.2) is 51.2 Å². The minimum absolute atomic E-state index is 0.304. The Morgan fingerprint density at radius 3 is 2.35 bits per heavy atom. The van der Waals surface area contributed by atoms with Gasteiger partial charge in [0.1, 0.15) is 11.4 Å². The summed E-state index contributed by atoms with van der Waals surface area (Å²) in [5.41, 5.74) is -2.09. The number of carbonyl (C=O) groups excluding carboxylic acids is 1. The van der Waals surface area contributed by atoms with E-state index in [2.05, 4.69) is 0 Å². The maximum absolute atomic E-state index is 13.8. The molecule has 0 bridgehead atoms. The van der Waals surface area contributed by atoms with Crippen molar-refractivity contribution in [2.24, 2.45) is 0 Å². The first-order valence-electron chi connectivity index (χ1n) is 5.60. The van der Waals surface area contributed by atoms with E-state index < -0.39 is 45.9 Å². The highest BCUT2D eigenvalue weighted by Crippen LogP contribution is 2.25. The first-order valence-corrected chi connectivity index (χ1v) is 5.60. The van der Waals surface area contributed by atoms with E-state index in [4.69, 9.17) is 0 Å². The largest absolute Gasteiger partial charge is 0.388 e. The quantitative estimate of drug-likeness (QED) is 0.591. The van der Waals surface area contributed by atoms with Gasteiger partial charge in [0.25, 0.3) is 5.91 Å². The second-order valence-electron chi connectivity index (χ2n) is 4.36. The van der Waals surface area contributed by atoms with Gasteiger partial charge in [0, 0.05) is 19.2 Å². The van der Waals surface area contributed by atoms with E-state index in [-0.39, 0.29) is 13.1 Å². The molecule has 1 amide bonds. The number of amides is 1. The summed E-state index contributed by atoms with van der Waals surface area (Å²) < 4.78 is 27.4. The zero-order valence-electron chi connectivity index (χ0n) is 9.99. The Morgan fingerprint density at radius 2 is 1.85 bits per heavy atom. The van der Waals surface area contributed by atoms with Crippen LogP contribution in [0.4, 0.5) is 14.5 Å². The maximum Gasteiger partial charge on any atom is 0.305 e. The molecular formula is C11H10F2N2O5. The Hall–Kier alpha value is -2.13. The molecule has 20 heavy (non-hydrogen) atoms. The maximum atomic E-state index is 13.8. The lowest BCUT2D eigenvalue weighted by Crippen LogP contribution is -2.31. The van der Waals surface area contributed by atoms with Gasteiger partial charge in [0.05, 0.1) is 17.1 Å². The predicted octanol–water partition coefficient (Wildman–Crippen LogP) is 0.0506. The minimum atomic E-state index is -1.57. The van der Waals surface area contributed by atoms with Crippen molar-refractivity contribution < 1.29 is 28.7 Å². The van der Waals surface area contributed by atoms with Crippen molar-refractivity contribution in [3.8, 4) is 0 Å². The van der Waals surface area contributed by atoms with Gasteiger partial charge in [-0.05, 0) is 6.07 Å². The Bertz CT molecular complexity index is 570. The van der Waals surface area contributed by atoms with Gasteiger partial charge in [-0.3, -0.25) is 14.9 Å². The number of β-amino-alcohol motifs (C(OH)–C–C–N with tert-alkyl or cyclic N) is 2. The molecule has 1 saturated heterocycles. The molecule has 1 fully saturated rings. The number of benzene rings is 1. The van der Waals surface area contributed by atoms with Crippen LogP contribution in [0.5, 0.6) is 0 Å². The van der Waals surface area contributed by atoms with Crippen molar-refractivity contribution >= 4 is 11.6 Å². The fourth-order valence-corrected chi connectivity index (χ4v) is 1.97. The van der Waals surface area contributed by atoms with Gasteiger partial charge in [-0.15, -0.1) is 0 Å². The third kappa shape index (κ3) is 2.32. The smallest absolute Gasteiger partial charge is 0.305 e.